The second-order valence-electron chi connectivity index (χ2n) is 2.40. The van der Waals surface area contributed by atoms with Crippen molar-refractivity contribution in [1.82, 2.24) is 5.73 Å². The van der Waals surface area contributed by atoms with Gasteiger partial charge in [0.1, 0.15) is 5.75 Å². The first kappa shape index (κ1) is 9.67. The van der Waals surface area contributed by atoms with Crippen molar-refractivity contribution < 1.29 is 9.53 Å². The summed E-state index contributed by atoms with van der Waals surface area (Å²) in [7, 11) is 1.40. The fraction of sp³-hybridized carbons (Fsp3) is 0.125. The van der Waals surface area contributed by atoms with Gasteiger partial charge in [0.25, 0.3) is 5.91 Å². The number of benzene rings is 1. The Labute approximate surface area is 80.4 Å². The van der Waals surface area contributed by atoms with Crippen LogP contribution < -0.4 is 16.2 Å². The van der Waals surface area contributed by atoms with Crippen molar-refractivity contribution in [2.45, 2.75) is 0 Å². The fourth-order valence-electron chi connectivity index (χ4n) is 0.915. The number of methoxy groups -OCH3 is 1. The van der Waals surface area contributed by atoms with Crippen LogP contribution in [0.25, 0.3) is 0 Å². The van der Waals surface area contributed by atoms with Crippen LogP contribution in [-0.2, 0) is 0 Å². The first-order chi connectivity index (χ1) is 6.06. The number of amides is 1. The van der Waals surface area contributed by atoms with Crippen LogP contribution in [0.1, 0.15) is 10.4 Å². The largest absolute Gasteiger partial charge is 0.496 e. The maximum atomic E-state index is 10.9. The molecule has 4 nitrogen and oxygen atoms in total. The SMILES string of the molecule is COc1cc([NH])c(Cl)cc1C(N)=O. The number of rotatable bonds is 2. The molecule has 3 N–H and O–H groups in total. The van der Waals surface area contributed by atoms with Gasteiger partial charge >= 0.3 is 0 Å². The lowest BCUT2D eigenvalue weighted by Crippen LogP contribution is -2.12. The molecule has 1 amide bonds. The zero-order chi connectivity index (χ0) is 10.0. The molecule has 1 radical (unpaired) electrons. The Bertz CT molecular complexity index is 352. The Morgan fingerprint density at radius 3 is 2.69 bits per heavy atom. The Balaban J connectivity index is 3.33. The molecule has 0 aliphatic rings. The molecule has 13 heavy (non-hydrogen) atoms. The highest BCUT2D eigenvalue weighted by molar-refractivity contribution is 6.33. The Hall–Kier alpha value is -1.42. The average molecular weight is 200 g/mol. The van der Waals surface area contributed by atoms with Crippen LogP contribution in [0.15, 0.2) is 12.1 Å². The van der Waals surface area contributed by atoms with Crippen molar-refractivity contribution in [3.05, 3.63) is 22.7 Å². The van der Waals surface area contributed by atoms with Gasteiger partial charge in [-0.1, -0.05) is 11.6 Å². The van der Waals surface area contributed by atoms with Gasteiger partial charge in [0.15, 0.2) is 0 Å². The standard InChI is InChI=1S/C8H8ClN2O2/c1-13-7-3-6(10)5(9)2-4(7)8(11)12/h2-3,10H,1H3,(H2,11,12). The molecule has 0 unspecified atom stereocenters. The van der Waals surface area contributed by atoms with Crippen molar-refractivity contribution >= 4 is 23.2 Å². The lowest BCUT2D eigenvalue weighted by atomic mass is 10.1. The van der Waals surface area contributed by atoms with Gasteiger partial charge in [-0.3, -0.25) is 10.5 Å². The van der Waals surface area contributed by atoms with Crippen LogP contribution in [0.2, 0.25) is 5.02 Å². The van der Waals surface area contributed by atoms with Crippen LogP contribution in [0.5, 0.6) is 5.75 Å². The van der Waals surface area contributed by atoms with Gasteiger partial charge in [0, 0.05) is 6.07 Å². The number of ether oxygens (including phenoxy) is 1. The Morgan fingerprint density at radius 2 is 2.23 bits per heavy atom. The van der Waals surface area contributed by atoms with Crippen molar-refractivity contribution in [3.63, 3.8) is 0 Å². The molecule has 1 aromatic rings. The first-order valence-electron chi connectivity index (χ1n) is 3.45. The van der Waals surface area contributed by atoms with Gasteiger partial charge < -0.3 is 10.5 Å². The smallest absolute Gasteiger partial charge is 0.252 e. The van der Waals surface area contributed by atoms with E-state index in [1.807, 2.05) is 0 Å². The number of carbonyl (C=O) groups is 1. The third-order valence-corrected chi connectivity index (χ3v) is 1.87. The summed E-state index contributed by atoms with van der Waals surface area (Å²) in [6.45, 7) is 0. The van der Waals surface area contributed by atoms with Gasteiger partial charge in [0.2, 0.25) is 0 Å². The van der Waals surface area contributed by atoms with Gasteiger partial charge in [-0.25, -0.2) is 0 Å². The quantitative estimate of drug-likeness (QED) is 0.781. The second kappa shape index (κ2) is 3.53. The van der Waals surface area contributed by atoms with E-state index in [0.717, 1.165) is 0 Å². The van der Waals surface area contributed by atoms with E-state index in [0.29, 0.717) is 0 Å². The second-order valence-corrected chi connectivity index (χ2v) is 2.80. The molecule has 0 bridgehead atoms. The summed E-state index contributed by atoms with van der Waals surface area (Å²) in [6, 6.07) is 2.67. The zero-order valence-electron chi connectivity index (χ0n) is 6.93. The van der Waals surface area contributed by atoms with Crippen molar-refractivity contribution in [1.29, 1.82) is 0 Å². The lowest BCUT2D eigenvalue weighted by Gasteiger charge is -2.06. The number of halogens is 1. The van der Waals surface area contributed by atoms with Crippen molar-refractivity contribution in [2.75, 3.05) is 7.11 Å². The van der Waals surface area contributed by atoms with Crippen LogP contribution >= 0.6 is 11.6 Å². The lowest BCUT2D eigenvalue weighted by molar-refractivity contribution is 0.0997. The van der Waals surface area contributed by atoms with Crippen molar-refractivity contribution in [2.24, 2.45) is 5.73 Å². The van der Waals surface area contributed by atoms with Gasteiger partial charge in [-0.05, 0) is 6.07 Å². The van der Waals surface area contributed by atoms with Crippen LogP contribution in [0.4, 0.5) is 5.69 Å². The predicted octanol–water partition coefficient (Wildman–Crippen LogP) is 1.36. The topological polar surface area (TPSA) is 76.1 Å². The molecule has 0 spiro atoms. The summed E-state index contributed by atoms with van der Waals surface area (Å²) in [6.07, 6.45) is 0. The molecular weight excluding hydrogens is 192 g/mol. The number of primary amides is 1. The van der Waals surface area contributed by atoms with Gasteiger partial charge in [-0.2, -0.15) is 0 Å². The summed E-state index contributed by atoms with van der Waals surface area (Å²) in [5.41, 5.74) is 12.7. The maximum absolute atomic E-state index is 10.9. The molecule has 5 heteroatoms. The highest BCUT2D eigenvalue weighted by atomic mass is 35.5. The Morgan fingerprint density at radius 1 is 1.62 bits per heavy atom. The predicted molar refractivity (Wildman–Crippen MR) is 49.3 cm³/mol. The molecule has 0 saturated carbocycles. The molecule has 1 rings (SSSR count). The molecular formula is C8H8ClN2O2. The number of carbonyl (C=O) groups excluding carboxylic acids is 1. The molecule has 0 aromatic heterocycles. The third kappa shape index (κ3) is 1.84. The minimum atomic E-state index is -0.626. The van der Waals surface area contributed by atoms with E-state index < -0.39 is 5.91 Å². The fourth-order valence-corrected chi connectivity index (χ4v) is 1.08. The number of nitrogens with one attached hydrogen (secondary N) is 1. The van der Waals surface area contributed by atoms with Crippen molar-refractivity contribution in [3.8, 4) is 5.75 Å². The van der Waals surface area contributed by atoms with E-state index in [2.05, 4.69) is 0 Å². The van der Waals surface area contributed by atoms with E-state index in [4.69, 9.17) is 27.8 Å². The third-order valence-electron chi connectivity index (χ3n) is 1.55. The van der Waals surface area contributed by atoms with Crippen LogP contribution in [0.3, 0.4) is 0 Å². The minimum Gasteiger partial charge on any atom is -0.496 e. The van der Waals surface area contributed by atoms with Gasteiger partial charge in [0.05, 0.1) is 23.4 Å². The van der Waals surface area contributed by atoms with Crippen LogP contribution in [0, 0.1) is 0 Å². The van der Waals surface area contributed by atoms with E-state index in [1.54, 1.807) is 0 Å². The molecule has 69 valence electrons. The summed E-state index contributed by atoms with van der Waals surface area (Å²) in [5.74, 6) is -0.361. The first-order valence-corrected chi connectivity index (χ1v) is 3.83. The minimum absolute atomic E-state index is 0.100. The monoisotopic (exact) mass is 199 g/mol. The molecule has 0 atom stereocenters. The number of hydrogen-bond donors (Lipinski definition) is 1. The van der Waals surface area contributed by atoms with Crippen LogP contribution in [-0.4, -0.2) is 13.0 Å². The Kier molecular flexibility index (Phi) is 2.63. The maximum Gasteiger partial charge on any atom is 0.252 e. The van der Waals surface area contributed by atoms with Gasteiger partial charge in [-0.15, -0.1) is 0 Å². The number of nitrogens with two attached hydrogens (primary N) is 1. The van der Waals surface area contributed by atoms with E-state index >= 15 is 0 Å². The average Bonchev–Trinajstić information content (AvgIpc) is 2.08. The summed E-state index contributed by atoms with van der Waals surface area (Å²) in [4.78, 5) is 10.9. The molecule has 0 heterocycles. The van der Waals surface area contributed by atoms with E-state index in [-0.39, 0.29) is 22.0 Å². The molecule has 1 aromatic carbocycles. The highest BCUT2D eigenvalue weighted by Gasteiger charge is 2.11. The normalized spacial score (nSPS) is 9.69. The number of hydrogen-bond acceptors (Lipinski definition) is 2. The highest BCUT2D eigenvalue weighted by Crippen LogP contribution is 2.29. The zero-order valence-corrected chi connectivity index (χ0v) is 7.68. The van der Waals surface area contributed by atoms with E-state index in [9.17, 15) is 4.79 Å². The molecule has 0 fully saturated rings. The van der Waals surface area contributed by atoms with E-state index in [1.165, 1.54) is 19.2 Å². The summed E-state index contributed by atoms with van der Waals surface area (Å²) < 4.78 is 4.86. The molecule has 0 saturated heterocycles. The molecule has 0 aliphatic heterocycles. The summed E-state index contributed by atoms with van der Waals surface area (Å²) in [5, 5.41) is 0.176. The summed E-state index contributed by atoms with van der Waals surface area (Å²) >= 11 is 5.64. The molecule has 0 aliphatic carbocycles.